The van der Waals surface area contributed by atoms with Gasteiger partial charge in [-0.05, 0) is 92.7 Å². The number of rotatable bonds is 4. The summed E-state index contributed by atoms with van der Waals surface area (Å²) in [6.07, 6.45) is 0. The first-order valence-corrected chi connectivity index (χ1v) is 18.2. The summed E-state index contributed by atoms with van der Waals surface area (Å²) >= 11 is 1.86. The number of fused-ring (bicyclic) bond motifs is 10. The van der Waals surface area contributed by atoms with Crippen LogP contribution in [0.25, 0.3) is 85.6 Å². The van der Waals surface area contributed by atoms with Gasteiger partial charge < -0.3 is 9.32 Å². The third-order valence-electron chi connectivity index (χ3n) is 10.4. The zero-order valence-electron chi connectivity index (χ0n) is 27.5. The second kappa shape index (κ2) is 11.0. The SMILES string of the molecule is c1ccc2cc(N(c3ccc4ccccc4c3)c3cccc4oc5c6ccccc6c(-c6cccc7sc8ccccc8c67)cc5c34)ccc2c1. The molecule has 0 aliphatic rings. The van der Waals surface area contributed by atoms with Crippen molar-refractivity contribution < 1.29 is 4.42 Å². The van der Waals surface area contributed by atoms with Crippen molar-refractivity contribution in [3.05, 3.63) is 176 Å². The van der Waals surface area contributed by atoms with Crippen LogP contribution in [0, 0.1) is 0 Å². The molecular weight excluding hydrogens is 639 g/mol. The molecule has 11 rings (SSSR count). The molecule has 0 amide bonds. The lowest BCUT2D eigenvalue weighted by molar-refractivity contribution is 0.672. The van der Waals surface area contributed by atoms with E-state index in [1.165, 1.54) is 58.2 Å². The number of hydrogen-bond acceptors (Lipinski definition) is 3. The van der Waals surface area contributed by atoms with Gasteiger partial charge in [-0.15, -0.1) is 11.3 Å². The first kappa shape index (κ1) is 28.4. The molecule has 2 heterocycles. The second-order valence-electron chi connectivity index (χ2n) is 13.3. The summed E-state index contributed by atoms with van der Waals surface area (Å²) in [7, 11) is 0. The van der Waals surface area contributed by atoms with E-state index in [2.05, 4.69) is 181 Å². The number of hydrogen-bond donors (Lipinski definition) is 0. The molecule has 0 unspecified atom stereocenters. The van der Waals surface area contributed by atoms with Crippen LogP contribution in [0.2, 0.25) is 0 Å². The highest BCUT2D eigenvalue weighted by atomic mass is 32.1. The van der Waals surface area contributed by atoms with Gasteiger partial charge in [-0.25, -0.2) is 0 Å². The van der Waals surface area contributed by atoms with Crippen LogP contribution in [0.4, 0.5) is 17.1 Å². The lowest BCUT2D eigenvalue weighted by Crippen LogP contribution is -2.10. The third kappa shape index (κ3) is 4.35. The molecule has 238 valence electrons. The van der Waals surface area contributed by atoms with Gasteiger partial charge in [0.05, 0.1) is 11.1 Å². The summed E-state index contributed by atoms with van der Waals surface area (Å²) in [5, 5.41) is 12.0. The second-order valence-corrected chi connectivity index (χ2v) is 14.4. The van der Waals surface area contributed by atoms with Crippen LogP contribution in [-0.2, 0) is 0 Å². The molecule has 0 fully saturated rings. The number of thiophene rings is 1. The van der Waals surface area contributed by atoms with Crippen LogP contribution in [0.1, 0.15) is 0 Å². The van der Waals surface area contributed by atoms with Crippen molar-refractivity contribution in [3.8, 4) is 11.1 Å². The number of benzene rings is 9. The molecule has 9 aromatic carbocycles. The van der Waals surface area contributed by atoms with Gasteiger partial charge in [0.15, 0.2) is 0 Å². The molecule has 0 atom stereocenters. The van der Waals surface area contributed by atoms with E-state index in [1.807, 2.05) is 11.3 Å². The Bertz CT molecular complexity index is 3090. The minimum absolute atomic E-state index is 0.871. The topological polar surface area (TPSA) is 16.4 Å². The molecular formula is C48H29NOS. The lowest BCUT2D eigenvalue weighted by Gasteiger charge is -2.27. The molecule has 0 aliphatic carbocycles. The van der Waals surface area contributed by atoms with Gasteiger partial charge in [0.2, 0.25) is 0 Å². The molecule has 2 nitrogen and oxygen atoms in total. The minimum atomic E-state index is 0.871. The molecule has 0 radical (unpaired) electrons. The fourth-order valence-corrected chi connectivity index (χ4v) is 9.23. The van der Waals surface area contributed by atoms with E-state index in [0.29, 0.717) is 0 Å². The van der Waals surface area contributed by atoms with Gasteiger partial charge in [-0.2, -0.15) is 0 Å². The molecule has 2 aromatic heterocycles. The maximum Gasteiger partial charge on any atom is 0.143 e. The Hall–Kier alpha value is -6.42. The molecule has 11 aromatic rings. The van der Waals surface area contributed by atoms with Crippen molar-refractivity contribution in [3.63, 3.8) is 0 Å². The van der Waals surface area contributed by atoms with Gasteiger partial charge in [0.25, 0.3) is 0 Å². The smallest absolute Gasteiger partial charge is 0.143 e. The molecule has 0 saturated carbocycles. The van der Waals surface area contributed by atoms with Crippen molar-refractivity contribution in [2.75, 3.05) is 4.90 Å². The molecule has 0 saturated heterocycles. The third-order valence-corrected chi connectivity index (χ3v) is 11.5. The number of nitrogens with zero attached hydrogens (tertiary/aromatic N) is 1. The summed E-state index contributed by atoms with van der Waals surface area (Å²) in [6.45, 7) is 0. The highest BCUT2D eigenvalue weighted by Gasteiger charge is 2.23. The van der Waals surface area contributed by atoms with Crippen LogP contribution in [0.15, 0.2) is 180 Å². The largest absolute Gasteiger partial charge is 0.455 e. The fourth-order valence-electron chi connectivity index (χ4n) is 8.10. The van der Waals surface area contributed by atoms with Gasteiger partial charge in [-0.3, -0.25) is 0 Å². The predicted molar refractivity (Wildman–Crippen MR) is 219 cm³/mol. The van der Waals surface area contributed by atoms with Crippen molar-refractivity contribution in [1.82, 2.24) is 0 Å². The Morgan fingerprint density at radius 2 is 1.00 bits per heavy atom. The summed E-state index contributed by atoms with van der Waals surface area (Å²) in [6, 6.07) is 63.8. The molecule has 0 spiro atoms. The summed E-state index contributed by atoms with van der Waals surface area (Å²) in [5.74, 6) is 0. The molecule has 3 heteroatoms. The Balaban J connectivity index is 1.24. The van der Waals surface area contributed by atoms with Crippen molar-refractivity contribution in [2.24, 2.45) is 0 Å². The van der Waals surface area contributed by atoms with Crippen molar-refractivity contribution in [2.45, 2.75) is 0 Å². The van der Waals surface area contributed by atoms with E-state index < -0.39 is 0 Å². The lowest BCUT2D eigenvalue weighted by atomic mass is 9.92. The highest BCUT2D eigenvalue weighted by molar-refractivity contribution is 7.25. The van der Waals surface area contributed by atoms with E-state index in [1.54, 1.807) is 0 Å². The van der Waals surface area contributed by atoms with Crippen LogP contribution < -0.4 is 4.90 Å². The Labute approximate surface area is 298 Å². The van der Waals surface area contributed by atoms with Gasteiger partial charge in [-0.1, -0.05) is 121 Å². The van der Waals surface area contributed by atoms with Gasteiger partial charge in [0, 0.05) is 42.3 Å². The number of anilines is 3. The van der Waals surface area contributed by atoms with E-state index in [4.69, 9.17) is 4.42 Å². The standard InChI is InChI=1S/C48H29NOS/c1-3-13-32-27-34(25-23-30(32)11-1)49(35-26-24-31-12-2-4-14-33(31)28-35)42-19-10-20-43-47(42)41-29-40(36-15-5-6-16-38(36)48(41)50-43)37-18-9-22-45-46(37)39-17-7-8-21-44(39)51-45/h1-29H. The van der Waals surface area contributed by atoms with E-state index in [0.717, 1.165) is 44.4 Å². The van der Waals surface area contributed by atoms with E-state index >= 15 is 0 Å². The maximum absolute atomic E-state index is 6.88. The van der Waals surface area contributed by atoms with Crippen LogP contribution in [-0.4, -0.2) is 0 Å². The van der Waals surface area contributed by atoms with Gasteiger partial charge in [0.1, 0.15) is 11.2 Å². The summed E-state index contributed by atoms with van der Waals surface area (Å²) < 4.78 is 9.49. The van der Waals surface area contributed by atoms with Crippen LogP contribution >= 0.6 is 11.3 Å². The quantitative estimate of drug-likeness (QED) is 0.186. The monoisotopic (exact) mass is 667 g/mol. The normalized spacial score (nSPS) is 11.9. The van der Waals surface area contributed by atoms with Crippen molar-refractivity contribution in [1.29, 1.82) is 0 Å². The van der Waals surface area contributed by atoms with Crippen LogP contribution in [0.5, 0.6) is 0 Å². The molecule has 0 N–H and O–H groups in total. The first-order valence-electron chi connectivity index (χ1n) is 17.3. The highest BCUT2D eigenvalue weighted by Crippen LogP contribution is 2.48. The van der Waals surface area contributed by atoms with Gasteiger partial charge >= 0.3 is 0 Å². The number of furan rings is 1. The molecule has 0 aliphatic heterocycles. The van der Waals surface area contributed by atoms with E-state index in [9.17, 15) is 0 Å². The maximum atomic E-state index is 6.88. The van der Waals surface area contributed by atoms with E-state index in [-0.39, 0.29) is 0 Å². The molecule has 0 bridgehead atoms. The fraction of sp³-hybridized carbons (Fsp3) is 0. The average molecular weight is 668 g/mol. The Morgan fingerprint density at radius 1 is 0.392 bits per heavy atom. The predicted octanol–water partition coefficient (Wildman–Crippen LogP) is 14.6. The van der Waals surface area contributed by atoms with Crippen molar-refractivity contribution >= 4 is 103 Å². The van der Waals surface area contributed by atoms with Crippen LogP contribution in [0.3, 0.4) is 0 Å². The summed E-state index contributed by atoms with van der Waals surface area (Å²) in [5.41, 5.74) is 7.52. The summed E-state index contributed by atoms with van der Waals surface area (Å²) in [4.78, 5) is 2.40. The zero-order chi connectivity index (χ0) is 33.5. The first-order chi connectivity index (χ1) is 25.3. The Kier molecular flexibility index (Phi) is 6.16. The minimum Gasteiger partial charge on any atom is -0.455 e. The Morgan fingerprint density at radius 3 is 1.75 bits per heavy atom. The zero-order valence-corrected chi connectivity index (χ0v) is 28.3. The molecule has 51 heavy (non-hydrogen) atoms. The average Bonchev–Trinajstić information content (AvgIpc) is 3.77.